The molecule has 0 radical (unpaired) electrons. The van der Waals surface area contributed by atoms with E-state index in [2.05, 4.69) is 4.98 Å². The summed E-state index contributed by atoms with van der Waals surface area (Å²) in [4.78, 5) is 13.6. The van der Waals surface area contributed by atoms with Crippen molar-refractivity contribution in [2.75, 3.05) is 0 Å². The molecular formula is C12H6Cl2F3NO. The van der Waals surface area contributed by atoms with E-state index in [0.717, 1.165) is 6.07 Å². The number of rotatable bonds is 1. The molecule has 0 aliphatic carbocycles. The minimum absolute atomic E-state index is 0.0125. The maximum absolute atomic E-state index is 12.6. The SMILES string of the molecule is O=c1cc(C(F)(F)F)cc(-c2ccc(Cl)cc2Cl)[nH]1. The topological polar surface area (TPSA) is 32.9 Å². The van der Waals surface area contributed by atoms with Crippen LogP contribution in [0.15, 0.2) is 35.1 Å². The third kappa shape index (κ3) is 3.11. The number of H-pyrrole nitrogens is 1. The standard InChI is InChI=1S/C12H6Cl2F3NO/c13-7-1-2-8(9(14)5-7)10-3-6(12(15,16)17)4-11(19)18-10/h1-5H,(H,18,19). The summed E-state index contributed by atoms with van der Waals surface area (Å²) in [6.45, 7) is 0. The molecule has 0 fully saturated rings. The van der Waals surface area contributed by atoms with Crippen molar-refractivity contribution >= 4 is 23.2 Å². The lowest BCUT2D eigenvalue weighted by Crippen LogP contribution is -2.13. The zero-order chi connectivity index (χ0) is 14.2. The zero-order valence-electron chi connectivity index (χ0n) is 9.18. The molecule has 0 atom stereocenters. The number of aromatic nitrogens is 1. The average Bonchev–Trinajstić information content (AvgIpc) is 2.26. The van der Waals surface area contributed by atoms with Gasteiger partial charge in [-0.2, -0.15) is 13.2 Å². The molecule has 7 heteroatoms. The number of nitrogens with one attached hydrogen (secondary N) is 1. The largest absolute Gasteiger partial charge is 0.416 e. The van der Waals surface area contributed by atoms with E-state index in [1.807, 2.05) is 0 Å². The molecule has 0 unspecified atom stereocenters. The van der Waals surface area contributed by atoms with Gasteiger partial charge in [0.15, 0.2) is 0 Å². The summed E-state index contributed by atoms with van der Waals surface area (Å²) in [7, 11) is 0. The van der Waals surface area contributed by atoms with Gasteiger partial charge >= 0.3 is 6.18 Å². The van der Waals surface area contributed by atoms with E-state index in [4.69, 9.17) is 23.2 Å². The molecule has 1 N–H and O–H groups in total. The number of benzene rings is 1. The van der Waals surface area contributed by atoms with Crippen molar-refractivity contribution in [3.05, 3.63) is 56.3 Å². The van der Waals surface area contributed by atoms with E-state index in [1.54, 1.807) is 0 Å². The summed E-state index contributed by atoms with van der Waals surface area (Å²) < 4.78 is 37.9. The van der Waals surface area contributed by atoms with Crippen molar-refractivity contribution in [1.29, 1.82) is 0 Å². The Morgan fingerprint density at radius 1 is 1.05 bits per heavy atom. The highest BCUT2D eigenvalue weighted by Crippen LogP contribution is 2.33. The maximum Gasteiger partial charge on any atom is 0.416 e. The monoisotopic (exact) mass is 307 g/mol. The normalized spacial score (nSPS) is 11.6. The first-order valence-electron chi connectivity index (χ1n) is 5.04. The predicted molar refractivity (Wildman–Crippen MR) is 67.5 cm³/mol. The van der Waals surface area contributed by atoms with Gasteiger partial charge in [-0.3, -0.25) is 4.79 Å². The highest BCUT2D eigenvalue weighted by molar-refractivity contribution is 6.36. The van der Waals surface area contributed by atoms with Crippen molar-refractivity contribution in [2.24, 2.45) is 0 Å². The van der Waals surface area contributed by atoms with Crippen LogP contribution in [0.25, 0.3) is 11.3 Å². The number of halogens is 5. The first-order valence-corrected chi connectivity index (χ1v) is 5.80. The number of aromatic amines is 1. The van der Waals surface area contributed by atoms with E-state index in [-0.39, 0.29) is 16.3 Å². The minimum atomic E-state index is -4.60. The molecule has 2 rings (SSSR count). The van der Waals surface area contributed by atoms with Gasteiger partial charge in [-0.15, -0.1) is 0 Å². The molecule has 0 aliphatic rings. The second-order valence-electron chi connectivity index (χ2n) is 3.77. The van der Waals surface area contributed by atoms with Crippen LogP contribution in [0.4, 0.5) is 13.2 Å². The Labute approximate surface area is 115 Å². The van der Waals surface area contributed by atoms with Gasteiger partial charge < -0.3 is 4.98 Å². The predicted octanol–water partition coefficient (Wildman–Crippen LogP) is 4.37. The lowest BCUT2D eigenvalue weighted by atomic mass is 10.1. The van der Waals surface area contributed by atoms with Crippen LogP contribution < -0.4 is 5.56 Å². The van der Waals surface area contributed by atoms with Crippen molar-refractivity contribution < 1.29 is 13.2 Å². The van der Waals surface area contributed by atoms with E-state index in [0.29, 0.717) is 11.1 Å². The van der Waals surface area contributed by atoms with Gasteiger partial charge in [0.2, 0.25) is 5.56 Å². The smallest absolute Gasteiger partial charge is 0.322 e. The van der Waals surface area contributed by atoms with Gasteiger partial charge in [0.1, 0.15) is 0 Å². The van der Waals surface area contributed by atoms with Crippen LogP contribution in [-0.4, -0.2) is 4.98 Å². The molecular weight excluding hydrogens is 302 g/mol. The van der Waals surface area contributed by atoms with Gasteiger partial charge in [-0.1, -0.05) is 23.2 Å². The van der Waals surface area contributed by atoms with Crippen molar-refractivity contribution in [3.8, 4) is 11.3 Å². The van der Waals surface area contributed by atoms with E-state index in [9.17, 15) is 18.0 Å². The van der Waals surface area contributed by atoms with Crippen LogP contribution in [0.3, 0.4) is 0 Å². The Morgan fingerprint density at radius 3 is 2.32 bits per heavy atom. The summed E-state index contributed by atoms with van der Waals surface area (Å²) in [6, 6.07) is 5.62. The zero-order valence-corrected chi connectivity index (χ0v) is 10.7. The first-order chi connectivity index (χ1) is 8.77. The minimum Gasteiger partial charge on any atom is -0.322 e. The summed E-state index contributed by atoms with van der Waals surface area (Å²) in [5, 5.41) is 0.505. The second kappa shape index (κ2) is 4.90. The molecule has 1 aromatic heterocycles. The molecule has 0 bridgehead atoms. The van der Waals surface area contributed by atoms with Crippen molar-refractivity contribution in [3.63, 3.8) is 0 Å². The third-order valence-electron chi connectivity index (χ3n) is 2.39. The molecule has 19 heavy (non-hydrogen) atoms. The Morgan fingerprint density at radius 2 is 1.74 bits per heavy atom. The van der Waals surface area contributed by atoms with Gasteiger partial charge in [-0.05, 0) is 24.3 Å². The molecule has 0 saturated carbocycles. The first kappa shape index (κ1) is 14.0. The molecule has 2 aromatic rings. The Hall–Kier alpha value is -1.46. The highest BCUT2D eigenvalue weighted by atomic mass is 35.5. The van der Waals surface area contributed by atoms with Crippen LogP contribution in [0.2, 0.25) is 10.0 Å². The molecule has 1 heterocycles. The molecule has 1 aromatic carbocycles. The van der Waals surface area contributed by atoms with Crippen LogP contribution in [-0.2, 0) is 6.18 Å². The molecule has 0 saturated heterocycles. The fraction of sp³-hybridized carbons (Fsp3) is 0.0833. The molecule has 100 valence electrons. The lowest BCUT2D eigenvalue weighted by molar-refractivity contribution is -0.137. The van der Waals surface area contributed by atoms with Gasteiger partial charge in [0, 0.05) is 16.7 Å². The van der Waals surface area contributed by atoms with Crippen LogP contribution in [0.1, 0.15) is 5.56 Å². The summed E-state index contributed by atoms with van der Waals surface area (Å²) in [6.07, 6.45) is -4.60. The summed E-state index contributed by atoms with van der Waals surface area (Å²) >= 11 is 11.6. The van der Waals surface area contributed by atoms with Gasteiger partial charge in [0.05, 0.1) is 16.3 Å². The molecule has 0 spiro atoms. The Bertz CT molecular complexity index is 679. The average molecular weight is 308 g/mol. The molecule has 2 nitrogen and oxygen atoms in total. The van der Waals surface area contributed by atoms with Crippen molar-refractivity contribution in [1.82, 2.24) is 4.98 Å². The van der Waals surface area contributed by atoms with E-state index >= 15 is 0 Å². The van der Waals surface area contributed by atoms with E-state index < -0.39 is 17.3 Å². The Balaban J connectivity index is 2.63. The highest BCUT2D eigenvalue weighted by Gasteiger charge is 2.31. The van der Waals surface area contributed by atoms with Crippen LogP contribution in [0.5, 0.6) is 0 Å². The Kier molecular flexibility index (Phi) is 3.60. The fourth-order valence-electron chi connectivity index (χ4n) is 1.56. The third-order valence-corrected chi connectivity index (χ3v) is 2.94. The fourth-order valence-corrected chi connectivity index (χ4v) is 2.07. The van der Waals surface area contributed by atoms with Crippen LogP contribution >= 0.6 is 23.2 Å². The van der Waals surface area contributed by atoms with Crippen molar-refractivity contribution in [2.45, 2.75) is 6.18 Å². The maximum atomic E-state index is 12.6. The molecule has 0 aliphatic heterocycles. The van der Waals surface area contributed by atoms with Crippen LogP contribution in [0, 0.1) is 0 Å². The summed E-state index contributed by atoms with van der Waals surface area (Å²) in [5.41, 5.74) is -1.62. The van der Waals surface area contributed by atoms with Gasteiger partial charge in [0.25, 0.3) is 0 Å². The quantitative estimate of drug-likeness (QED) is 0.834. The van der Waals surface area contributed by atoms with Gasteiger partial charge in [-0.25, -0.2) is 0 Å². The van der Waals surface area contributed by atoms with E-state index in [1.165, 1.54) is 18.2 Å². The second-order valence-corrected chi connectivity index (χ2v) is 4.61. The summed E-state index contributed by atoms with van der Waals surface area (Å²) in [5.74, 6) is 0. The number of hydrogen-bond acceptors (Lipinski definition) is 1. The lowest BCUT2D eigenvalue weighted by Gasteiger charge is -2.09. The molecule has 0 amide bonds. The number of alkyl halides is 3. The number of pyridine rings is 1. The number of hydrogen-bond donors (Lipinski definition) is 1.